The van der Waals surface area contributed by atoms with Crippen LogP contribution >= 0.6 is 0 Å². The van der Waals surface area contributed by atoms with E-state index >= 15 is 0 Å². The lowest BCUT2D eigenvalue weighted by atomic mass is 9.98. The summed E-state index contributed by atoms with van der Waals surface area (Å²) < 4.78 is 32.9. The van der Waals surface area contributed by atoms with Crippen LogP contribution < -0.4 is 4.72 Å². The summed E-state index contributed by atoms with van der Waals surface area (Å²) in [5, 5.41) is 8.95. The van der Waals surface area contributed by atoms with Crippen molar-refractivity contribution in [2.24, 2.45) is 11.8 Å². The summed E-state index contributed by atoms with van der Waals surface area (Å²) in [6.45, 7) is 2.61. The standard InChI is InChI=1S/C18H23N3O4S/c19-11-14-4-7-21(8-5-14)18(22)16-2-1-3-17(10-16)26(23,24)20-12-15-6-9-25-13-15/h1-3,10,14-15,20H,4-9,12-13H2. The molecule has 0 radical (unpaired) electrons. The van der Waals surface area contributed by atoms with Crippen molar-refractivity contribution < 1.29 is 17.9 Å². The van der Waals surface area contributed by atoms with E-state index in [9.17, 15) is 13.2 Å². The van der Waals surface area contributed by atoms with Crippen LogP contribution in [0.3, 0.4) is 0 Å². The van der Waals surface area contributed by atoms with Crippen molar-refractivity contribution >= 4 is 15.9 Å². The van der Waals surface area contributed by atoms with Crippen LogP contribution in [0.5, 0.6) is 0 Å². The second-order valence-corrected chi connectivity index (χ2v) is 8.57. The van der Waals surface area contributed by atoms with E-state index in [2.05, 4.69) is 10.8 Å². The summed E-state index contributed by atoms with van der Waals surface area (Å²) in [6, 6.07) is 8.36. The van der Waals surface area contributed by atoms with Crippen molar-refractivity contribution in [1.29, 1.82) is 5.26 Å². The summed E-state index contributed by atoms with van der Waals surface area (Å²) in [7, 11) is -3.67. The Morgan fingerprint density at radius 3 is 2.73 bits per heavy atom. The van der Waals surface area contributed by atoms with E-state index in [-0.39, 0.29) is 22.6 Å². The molecule has 2 heterocycles. The highest BCUT2D eigenvalue weighted by molar-refractivity contribution is 7.89. The molecule has 1 amide bonds. The molecule has 2 saturated heterocycles. The molecule has 1 unspecified atom stereocenters. The number of amides is 1. The van der Waals surface area contributed by atoms with Crippen LogP contribution in [0.1, 0.15) is 29.6 Å². The van der Waals surface area contributed by atoms with Gasteiger partial charge in [0, 0.05) is 37.7 Å². The molecule has 1 atom stereocenters. The first-order chi connectivity index (χ1) is 12.5. The fourth-order valence-corrected chi connectivity index (χ4v) is 4.41. The SMILES string of the molecule is N#CC1CCN(C(=O)c2cccc(S(=O)(=O)NCC3CCOC3)c2)CC1. The Balaban J connectivity index is 1.67. The molecule has 0 spiro atoms. The summed E-state index contributed by atoms with van der Waals surface area (Å²) in [5.41, 5.74) is 0.354. The van der Waals surface area contributed by atoms with Crippen LogP contribution in [-0.4, -0.2) is 52.1 Å². The normalized spacial score (nSPS) is 21.5. The number of piperidine rings is 1. The van der Waals surface area contributed by atoms with Gasteiger partial charge in [0.25, 0.3) is 5.91 Å². The zero-order valence-electron chi connectivity index (χ0n) is 14.6. The fraction of sp³-hybridized carbons (Fsp3) is 0.556. The maximum absolute atomic E-state index is 12.7. The molecule has 0 bridgehead atoms. The van der Waals surface area contributed by atoms with Gasteiger partial charge in [-0.25, -0.2) is 13.1 Å². The highest BCUT2D eigenvalue weighted by Crippen LogP contribution is 2.20. The maximum Gasteiger partial charge on any atom is 0.253 e. The molecule has 8 heteroatoms. The predicted molar refractivity (Wildman–Crippen MR) is 94.8 cm³/mol. The van der Waals surface area contributed by atoms with Crippen molar-refractivity contribution in [3.8, 4) is 6.07 Å². The first kappa shape index (κ1) is 18.8. The van der Waals surface area contributed by atoms with Gasteiger partial charge in [-0.3, -0.25) is 4.79 Å². The smallest absolute Gasteiger partial charge is 0.253 e. The van der Waals surface area contributed by atoms with E-state index in [1.807, 2.05) is 0 Å². The molecule has 3 rings (SSSR count). The number of hydrogen-bond acceptors (Lipinski definition) is 5. The second-order valence-electron chi connectivity index (χ2n) is 6.80. The topological polar surface area (TPSA) is 99.5 Å². The van der Waals surface area contributed by atoms with Crippen molar-refractivity contribution in [2.45, 2.75) is 24.2 Å². The lowest BCUT2D eigenvalue weighted by Gasteiger charge is -2.29. The molecule has 0 aromatic heterocycles. The molecule has 0 aliphatic carbocycles. The monoisotopic (exact) mass is 377 g/mol. The van der Waals surface area contributed by atoms with Gasteiger partial charge in [-0.1, -0.05) is 6.07 Å². The van der Waals surface area contributed by atoms with E-state index in [0.717, 1.165) is 6.42 Å². The van der Waals surface area contributed by atoms with Crippen molar-refractivity contribution in [2.75, 3.05) is 32.8 Å². The van der Waals surface area contributed by atoms with Crippen molar-refractivity contribution in [3.63, 3.8) is 0 Å². The van der Waals surface area contributed by atoms with Crippen LogP contribution in [0, 0.1) is 23.2 Å². The van der Waals surface area contributed by atoms with E-state index in [1.54, 1.807) is 17.0 Å². The zero-order valence-corrected chi connectivity index (χ0v) is 15.4. The molecule has 1 aromatic carbocycles. The Bertz CT molecular complexity index is 789. The van der Waals surface area contributed by atoms with Gasteiger partial charge in [0.1, 0.15) is 0 Å². The van der Waals surface area contributed by atoms with E-state index < -0.39 is 10.0 Å². The van der Waals surface area contributed by atoms with Crippen molar-refractivity contribution in [1.82, 2.24) is 9.62 Å². The molecule has 2 aliphatic heterocycles. The third-order valence-electron chi connectivity index (χ3n) is 4.94. The lowest BCUT2D eigenvalue weighted by Crippen LogP contribution is -2.38. The molecular formula is C18H23N3O4S. The number of carbonyl (C=O) groups excluding carboxylic acids is 1. The minimum Gasteiger partial charge on any atom is -0.381 e. The average Bonchev–Trinajstić information content (AvgIpc) is 3.20. The third-order valence-corrected chi connectivity index (χ3v) is 6.36. The quantitative estimate of drug-likeness (QED) is 0.836. The first-order valence-corrected chi connectivity index (χ1v) is 10.3. The number of nitriles is 1. The molecule has 26 heavy (non-hydrogen) atoms. The Morgan fingerprint density at radius 2 is 2.08 bits per heavy atom. The summed E-state index contributed by atoms with van der Waals surface area (Å²) in [5.74, 6) is -0.00631. The lowest BCUT2D eigenvalue weighted by molar-refractivity contribution is 0.0707. The Labute approximate surface area is 154 Å². The minimum atomic E-state index is -3.67. The molecule has 2 fully saturated rings. The zero-order chi connectivity index (χ0) is 18.6. The number of ether oxygens (including phenoxy) is 1. The van der Waals surface area contributed by atoms with Gasteiger partial charge in [-0.05, 0) is 43.4 Å². The molecule has 1 aromatic rings. The Morgan fingerprint density at radius 1 is 1.31 bits per heavy atom. The number of hydrogen-bond donors (Lipinski definition) is 1. The van der Waals surface area contributed by atoms with Crippen LogP contribution in [0.15, 0.2) is 29.2 Å². The van der Waals surface area contributed by atoms with Gasteiger partial charge in [-0.15, -0.1) is 0 Å². The number of likely N-dealkylation sites (tertiary alicyclic amines) is 1. The van der Waals surface area contributed by atoms with Gasteiger partial charge >= 0.3 is 0 Å². The van der Waals surface area contributed by atoms with Gasteiger partial charge in [0.15, 0.2) is 0 Å². The van der Waals surface area contributed by atoms with Gasteiger partial charge in [-0.2, -0.15) is 5.26 Å². The Kier molecular flexibility index (Phi) is 5.91. The molecule has 0 saturated carbocycles. The summed E-state index contributed by atoms with van der Waals surface area (Å²) in [4.78, 5) is 14.4. The Hall–Kier alpha value is -1.95. The largest absolute Gasteiger partial charge is 0.381 e. The number of carbonyl (C=O) groups is 1. The van der Waals surface area contributed by atoms with Gasteiger partial charge in [0.05, 0.1) is 17.6 Å². The molecule has 140 valence electrons. The van der Waals surface area contributed by atoms with Crippen LogP contribution in [-0.2, 0) is 14.8 Å². The summed E-state index contributed by atoms with van der Waals surface area (Å²) >= 11 is 0. The molecule has 2 aliphatic rings. The van der Waals surface area contributed by atoms with Crippen LogP contribution in [0.25, 0.3) is 0 Å². The van der Waals surface area contributed by atoms with Gasteiger partial charge < -0.3 is 9.64 Å². The fourth-order valence-electron chi connectivity index (χ4n) is 3.25. The van der Waals surface area contributed by atoms with Crippen LogP contribution in [0.4, 0.5) is 0 Å². The predicted octanol–water partition coefficient (Wildman–Crippen LogP) is 1.38. The highest BCUT2D eigenvalue weighted by atomic mass is 32.2. The summed E-state index contributed by atoms with van der Waals surface area (Å²) in [6.07, 6.45) is 2.16. The van der Waals surface area contributed by atoms with Crippen LogP contribution in [0.2, 0.25) is 0 Å². The highest BCUT2D eigenvalue weighted by Gasteiger charge is 2.25. The number of nitrogens with zero attached hydrogens (tertiary/aromatic N) is 2. The number of benzene rings is 1. The number of rotatable bonds is 5. The molecular weight excluding hydrogens is 354 g/mol. The maximum atomic E-state index is 12.7. The van der Waals surface area contributed by atoms with E-state index in [0.29, 0.717) is 51.3 Å². The van der Waals surface area contributed by atoms with Crippen molar-refractivity contribution in [3.05, 3.63) is 29.8 Å². The number of sulfonamides is 1. The van der Waals surface area contributed by atoms with E-state index in [4.69, 9.17) is 10.00 Å². The van der Waals surface area contributed by atoms with E-state index in [1.165, 1.54) is 12.1 Å². The first-order valence-electron chi connectivity index (χ1n) is 8.86. The minimum absolute atomic E-state index is 0.00507. The third kappa shape index (κ3) is 4.41. The molecule has 7 nitrogen and oxygen atoms in total. The van der Waals surface area contributed by atoms with Gasteiger partial charge in [0.2, 0.25) is 10.0 Å². The second kappa shape index (κ2) is 8.16. The average molecular weight is 377 g/mol. The molecule has 1 N–H and O–H groups in total. The number of nitrogens with one attached hydrogen (secondary N) is 1.